The van der Waals surface area contributed by atoms with Gasteiger partial charge in [-0.3, -0.25) is 0 Å². The lowest BCUT2D eigenvalue weighted by molar-refractivity contribution is 0.380. The van der Waals surface area contributed by atoms with Gasteiger partial charge in [0.25, 0.3) is 0 Å². The first kappa shape index (κ1) is 21.5. The molecule has 29 heavy (non-hydrogen) atoms. The molecule has 0 amide bonds. The Morgan fingerprint density at radius 3 is 2.45 bits per heavy atom. The molecule has 158 valence electrons. The van der Waals surface area contributed by atoms with E-state index in [2.05, 4.69) is 0 Å². The third kappa shape index (κ3) is 4.24. The predicted molar refractivity (Wildman–Crippen MR) is 106 cm³/mol. The Kier molecular flexibility index (Phi) is 6.16. The number of hydrogen-bond donors (Lipinski definition) is 0. The van der Waals surface area contributed by atoms with E-state index in [1.165, 1.54) is 50.6 Å². The number of hydrogen-bond acceptors (Lipinski definition) is 6. The predicted octanol–water partition coefficient (Wildman–Crippen LogP) is 2.39. The fraction of sp³-hybridized carbons (Fsp3) is 0.368. The number of benzene rings is 2. The Bertz CT molecular complexity index is 1100. The van der Waals surface area contributed by atoms with Gasteiger partial charge in [0, 0.05) is 24.7 Å². The highest BCUT2D eigenvalue weighted by atomic mass is 32.2. The molecule has 0 bridgehead atoms. The van der Waals surface area contributed by atoms with Gasteiger partial charge in [0.05, 0.1) is 25.2 Å². The maximum atomic E-state index is 14.2. The standard InChI is InChI=1S/C19H22FNO6S2/c1-26-14-7-8-19(17(13-14)27-2)29(24,25)21-10-9-18(28(22,23)12-11-21)15-5-3-4-6-16(15)20/h3-8,13,18H,9-12H2,1-2H3. The number of methoxy groups -OCH3 is 2. The third-order valence-electron chi connectivity index (χ3n) is 4.94. The Balaban J connectivity index is 1.95. The van der Waals surface area contributed by atoms with Crippen LogP contribution in [-0.2, 0) is 19.9 Å². The zero-order chi connectivity index (χ0) is 21.2. The van der Waals surface area contributed by atoms with E-state index in [1.807, 2.05) is 0 Å². The Morgan fingerprint density at radius 1 is 1.07 bits per heavy atom. The number of sulfonamides is 1. The van der Waals surface area contributed by atoms with Gasteiger partial charge in [-0.05, 0) is 24.6 Å². The molecule has 1 aliphatic rings. The summed E-state index contributed by atoms with van der Waals surface area (Å²) in [5.74, 6) is -0.487. The molecule has 3 rings (SSSR count). The first-order chi connectivity index (χ1) is 13.7. The molecule has 1 fully saturated rings. The summed E-state index contributed by atoms with van der Waals surface area (Å²) in [6.45, 7) is -0.277. The second kappa shape index (κ2) is 8.29. The molecule has 0 saturated carbocycles. The van der Waals surface area contributed by atoms with Crippen LogP contribution in [0.25, 0.3) is 0 Å². The lowest BCUT2D eigenvalue weighted by Crippen LogP contribution is -2.33. The largest absolute Gasteiger partial charge is 0.497 e. The topological polar surface area (TPSA) is 90.0 Å². The molecule has 0 aromatic heterocycles. The summed E-state index contributed by atoms with van der Waals surface area (Å²) in [6, 6.07) is 9.97. The van der Waals surface area contributed by atoms with E-state index in [4.69, 9.17) is 9.47 Å². The van der Waals surface area contributed by atoms with Crippen molar-refractivity contribution in [3.8, 4) is 11.5 Å². The summed E-state index contributed by atoms with van der Waals surface area (Å²) >= 11 is 0. The van der Waals surface area contributed by atoms with Gasteiger partial charge in [0.15, 0.2) is 9.84 Å². The van der Waals surface area contributed by atoms with Crippen molar-refractivity contribution in [2.24, 2.45) is 0 Å². The van der Waals surface area contributed by atoms with Gasteiger partial charge < -0.3 is 9.47 Å². The minimum Gasteiger partial charge on any atom is -0.497 e. The van der Waals surface area contributed by atoms with Crippen molar-refractivity contribution in [3.63, 3.8) is 0 Å². The molecule has 1 aliphatic heterocycles. The second-order valence-corrected chi connectivity index (χ2v) is 10.8. The third-order valence-corrected chi connectivity index (χ3v) is 8.99. The van der Waals surface area contributed by atoms with Crippen molar-refractivity contribution in [1.82, 2.24) is 4.31 Å². The fourth-order valence-electron chi connectivity index (χ4n) is 3.38. The Morgan fingerprint density at radius 2 is 1.79 bits per heavy atom. The molecule has 7 nitrogen and oxygen atoms in total. The monoisotopic (exact) mass is 443 g/mol. The van der Waals surface area contributed by atoms with Gasteiger partial charge in [-0.15, -0.1) is 0 Å². The SMILES string of the molecule is COc1ccc(S(=O)(=O)N2CCC(c3ccccc3F)S(=O)(=O)CC2)c(OC)c1. The van der Waals surface area contributed by atoms with Crippen LogP contribution in [-0.4, -0.2) is 54.2 Å². The normalized spacial score (nSPS) is 20.0. The van der Waals surface area contributed by atoms with Gasteiger partial charge in [0.2, 0.25) is 10.0 Å². The molecule has 0 radical (unpaired) electrons. The molecule has 1 unspecified atom stereocenters. The summed E-state index contributed by atoms with van der Waals surface area (Å²) in [4.78, 5) is -0.0810. The number of nitrogens with zero attached hydrogens (tertiary/aromatic N) is 1. The van der Waals surface area contributed by atoms with Gasteiger partial charge in [-0.1, -0.05) is 18.2 Å². The number of rotatable bonds is 5. The maximum absolute atomic E-state index is 14.2. The van der Waals surface area contributed by atoms with Crippen LogP contribution >= 0.6 is 0 Å². The highest BCUT2D eigenvalue weighted by molar-refractivity contribution is 7.92. The van der Waals surface area contributed by atoms with Crippen LogP contribution in [0.1, 0.15) is 17.2 Å². The molecule has 0 N–H and O–H groups in total. The van der Waals surface area contributed by atoms with Gasteiger partial charge in [0.1, 0.15) is 22.2 Å². The van der Waals surface area contributed by atoms with Crippen molar-refractivity contribution in [3.05, 3.63) is 53.8 Å². The average Bonchev–Trinajstić information content (AvgIpc) is 2.86. The van der Waals surface area contributed by atoms with E-state index in [-0.39, 0.29) is 35.7 Å². The number of sulfone groups is 1. The summed E-state index contributed by atoms with van der Waals surface area (Å²) in [5, 5.41) is -1.10. The van der Waals surface area contributed by atoms with Crippen LogP contribution in [0.2, 0.25) is 0 Å². The van der Waals surface area contributed by atoms with E-state index in [9.17, 15) is 21.2 Å². The van der Waals surface area contributed by atoms with Crippen molar-refractivity contribution in [1.29, 1.82) is 0 Å². The lowest BCUT2D eigenvalue weighted by Gasteiger charge is -2.21. The summed E-state index contributed by atoms with van der Waals surface area (Å²) in [5.41, 5.74) is 0.0637. The van der Waals surface area contributed by atoms with E-state index >= 15 is 0 Å². The van der Waals surface area contributed by atoms with Crippen molar-refractivity contribution in [2.45, 2.75) is 16.6 Å². The Labute approximate surface area is 170 Å². The minimum atomic E-state index is -4.02. The van der Waals surface area contributed by atoms with Crippen LogP contribution in [0.3, 0.4) is 0 Å². The maximum Gasteiger partial charge on any atom is 0.246 e. The van der Waals surface area contributed by atoms with Crippen molar-refractivity contribution in [2.75, 3.05) is 33.1 Å². The highest BCUT2D eigenvalue weighted by Crippen LogP contribution is 2.35. The number of halogens is 1. The molecule has 1 saturated heterocycles. The molecule has 0 spiro atoms. The molecule has 0 aliphatic carbocycles. The lowest BCUT2D eigenvalue weighted by atomic mass is 10.1. The first-order valence-corrected chi connectivity index (χ1v) is 12.0. The molecular formula is C19H22FNO6S2. The van der Waals surface area contributed by atoms with Gasteiger partial charge in [-0.2, -0.15) is 4.31 Å². The molecule has 2 aromatic rings. The van der Waals surface area contributed by atoms with E-state index < -0.39 is 36.7 Å². The van der Waals surface area contributed by atoms with Gasteiger partial charge >= 0.3 is 0 Å². The van der Waals surface area contributed by atoms with Crippen LogP contribution in [0.5, 0.6) is 11.5 Å². The van der Waals surface area contributed by atoms with E-state index in [0.717, 1.165) is 4.31 Å². The summed E-state index contributed by atoms with van der Waals surface area (Å²) in [7, 11) is -4.97. The fourth-order valence-corrected chi connectivity index (χ4v) is 6.89. The second-order valence-electron chi connectivity index (χ2n) is 6.59. The van der Waals surface area contributed by atoms with Crippen LogP contribution < -0.4 is 9.47 Å². The number of ether oxygens (including phenoxy) is 2. The summed E-state index contributed by atoms with van der Waals surface area (Å²) in [6.07, 6.45) is -0.0407. The quantitative estimate of drug-likeness (QED) is 0.705. The van der Waals surface area contributed by atoms with E-state index in [0.29, 0.717) is 5.75 Å². The van der Waals surface area contributed by atoms with Crippen LogP contribution in [0, 0.1) is 5.82 Å². The van der Waals surface area contributed by atoms with Crippen LogP contribution in [0.4, 0.5) is 4.39 Å². The zero-order valence-electron chi connectivity index (χ0n) is 16.0. The van der Waals surface area contributed by atoms with Crippen LogP contribution in [0.15, 0.2) is 47.4 Å². The average molecular weight is 444 g/mol. The smallest absolute Gasteiger partial charge is 0.246 e. The molecule has 1 heterocycles. The zero-order valence-corrected chi connectivity index (χ0v) is 17.7. The molecule has 1 atom stereocenters. The highest BCUT2D eigenvalue weighted by Gasteiger charge is 2.37. The molecule has 10 heteroatoms. The van der Waals surface area contributed by atoms with Crippen molar-refractivity contribution >= 4 is 19.9 Å². The van der Waals surface area contributed by atoms with Crippen molar-refractivity contribution < 1.29 is 30.7 Å². The van der Waals surface area contributed by atoms with Gasteiger partial charge in [-0.25, -0.2) is 21.2 Å². The first-order valence-electron chi connectivity index (χ1n) is 8.89. The van der Waals surface area contributed by atoms with E-state index in [1.54, 1.807) is 6.07 Å². The summed E-state index contributed by atoms with van der Waals surface area (Å²) < 4.78 is 77.4. The Hall–Kier alpha value is -2.17. The molecule has 2 aromatic carbocycles. The molecular weight excluding hydrogens is 421 g/mol. The minimum absolute atomic E-state index is 0.0407.